The number of esters is 2. The van der Waals surface area contributed by atoms with E-state index in [1.54, 1.807) is 26.0 Å². The van der Waals surface area contributed by atoms with E-state index in [0.717, 1.165) is 0 Å². The monoisotopic (exact) mass is 266 g/mol. The van der Waals surface area contributed by atoms with Crippen LogP contribution in [0.5, 0.6) is 0 Å². The molecule has 0 heterocycles. The fraction of sp³-hybridized carbons (Fsp3) is 0.692. The van der Waals surface area contributed by atoms with Crippen LogP contribution in [-0.2, 0) is 19.1 Å². The zero-order chi connectivity index (χ0) is 14.9. The van der Waals surface area contributed by atoms with Crippen molar-refractivity contribution in [2.75, 3.05) is 13.2 Å². The number of hydrogen-bond donors (Lipinski definition) is 0. The summed E-state index contributed by atoms with van der Waals surface area (Å²) in [7, 11) is 0. The van der Waals surface area contributed by atoms with Gasteiger partial charge in [-0.05, 0) is 27.2 Å². The average Bonchev–Trinajstić information content (AvgIpc) is 2.38. The lowest BCUT2D eigenvalue weighted by Gasteiger charge is -2.27. The smallest absolute Gasteiger partial charge is 0.314 e. The molecule has 0 fully saturated rings. The maximum Gasteiger partial charge on any atom is 0.314 e. The summed E-state index contributed by atoms with van der Waals surface area (Å²) in [6.45, 7) is 5.17. The molecule has 1 atom stereocenters. The Morgan fingerprint density at radius 1 is 1.16 bits per heavy atom. The highest BCUT2D eigenvalue weighted by molar-refractivity contribution is 5.79. The van der Waals surface area contributed by atoms with E-state index in [1.165, 1.54) is 6.92 Å². The first-order chi connectivity index (χ1) is 8.96. The molecule has 0 aliphatic carbocycles. The van der Waals surface area contributed by atoms with Gasteiger partial charge in [0, 0.05) is 6.42 Å². The highest BCUT2D eigenvalue weighted by Crippen LogP contribution is 2.34. The fourth-order valence-corrected chi connectivity index (χ4v) is 1.57. The van der Waals surface area contributed by atoms with E-state index in [-0.39, 0.29) is 26.1 Å². The van der Waals surface area contributed by atoms with Crippen LogP contribution in [0.3, 0.4) is 0 Å². The van der Waals surface area contributed by atoms with Gasteiger partial charge in [-0.25, -0.2) is 0 Å². The molecule has 6 nitrogen and oxygen atoms in total. The second-order valence-electron chi connectivity index (χ2n) is 4.13. The van der Waals surface area contributed by atoms with Crippen LogP contribution >= 0.6 is 0 Å². The normalized spacial score (nSPS) is 12.9. The molecule has 1 unspecified atom stereocenters. The summed E-state index contributed by atoms with van der Waals surface area (Å²) in [5.74, 6) is -2.28. The molecule has 0 aliphatic heterocycles. The Morgan fingerprint density at radius 2 is 1.68 bits per heavy atom. The number of ether oxygens (including phenoxy) is 2. The lowest BCUT2D eigenvalue weighted by Crippen LogP contribution is -2.37. The van der Waals surface area contributed by atoms with Crippen LogP contribution in [0.1, 0.15) is 33.6 Å². The molecule has 0 spiro atoms. The molecular weight excluding hydrogens is 248 g/mol. The van der Waals surface area contributed by atoms with Crippen LogP contribution in [0.15, 0.2) is 0 Å². The molecule has 0 bridgehead atoms. The van der Waals surface area contributed by atoms with Gasteiger partial charge in [0.25, 0.3) is 0 Å². The molecule has 0 saturated heterocycles. The Hall–Kier alpha value is -2.08. The van der Waals surface area contributed by atoms with Crippen molar-refractivity contribution in [1.82, 2.24) is 0 Å². The van der Waals surface area contributed by atoms with Gasteiger partial charge in [0.05, 0.1) is 30.8 Å². The molecule has 19 heavy (non-hydrogen) atoms. The Morgan fingerprint density at radius 3 is 2.11 bits per heavy atom. The lowest BCUT2D eigenvalue weighted by molar-refractivity contribution is -0.157. The third kappa shape index (κ3) is 4.59. The highest BCUT2D eigenvalue weighted by atomic mass is 16.5. The SMILES string of the molecule is CCOC(=O)CCC(C)(C(=O)OCC)C(C#N)C#N. The molecule has 6 heteroatoms. The Bertz CT molecular complexity index is 394. The minimum absolute atomic E-state index is 0.0381. The van der Waals surface area contributed by atoms with Crippen LogP contribution in [-0.4, -0.2) is 25.2 Å². The van der Waals surface area contributed by atoms with Crippen LogP contribution in [0.4, 0.5) is 0 Å². The largest absolute Gasteiger partial charge is 0.466 e. The number of nitrogens with zero attached hydrogens (tertiary/aromatic N) is 2. The van der Waals surface area contributed by atoms with Crippen molar-refractivity contribution in [3.63, 3.8) is 0 Å². The van der Waals surface area contributed by atoms with E-state index in [9.17, 15) is 9.59 Å². The van der Waals surface area contributed by atoms with Gasteiger partial charge < -0.3 is 9.47 Å². The molecule has 104 valence electrons. The molecule has 0 aliphatic rings. The van der Waals surface area contributed by atoms with Crippen molar-refractivity contribution in [2.45, 2.75) is 33.6 Å². The molecule has 0 saturated carbocycles. The first kappa shape index (κ1) is 16.9. The van der Waals surface area contributed by atoms with Crippen LogP contribution < -0.4 is 0 Å². The van der Waals surface area contributed by atoms with Crippen molar-refractivity contribution in [3.05, 3.63) is 0 Å². The first-order valence-electron chi connectivity index (χ1n) is 6.08. The van der Waals surface area contributed by atoms with Gasteiger partial charge in [-0.15, -0.1) is 0 Å². The average molecular weight is 266 g/mol. The summed E-state index contributed by atoms with van der Waals surface area (Å²) < 4.78 is 9.66. The minimum atomic E-state index is -1.33. The number of carbonyl (C=O) groups is 2. The third-order valence-corrected chi connectivity index (χ3v) is 2.79. The Balaban J connectivity index is 4.98. The van der Waals surface area contributed by atoms with Gasteiger partial charge in [-0.2, -0.15) is 10.5 Å². The van der Waals surface area contributed by atoms with Crippen molar-refractivity contribution >= 4 is 11.9 Å². The Labute approximate surface area is 112 Å². The second kappa shape index (κ2) is 8.10. The van der Waals surface area contributed by atoms with Gasteiger partial charge >= 0.3 is 11.9 Å². The van der Waals surface area contributed by atoms with E-state index < -0.39 is 23.3 Å². The maximum atomic E-state index is 11.9. The van der Waals surface area contributed by atoms with Crippen LogP contribution in [0.25, 0.3) is 0 Å². The molecule has 0 radical (unpaired) electrons. The van der Waals surface area contributed by atoms with E-state index in [4.69, 9.17) is 20.0 Å². The highest BCUT2D eigenvalue weighted by Gasteiger charge is 2.43. The number of carbonyl (C=O) groups excluding carboxylic acids is 2. The van der Waals surface area contributed by atoms with Gasteiger partial charge in [0.15, 0.2) is 0 Å². The van der Waals surface area contributed by atoms with Crippen molar-refractivity contribution in [1.29, 1.82) is 10.5 Å². The van der Waals surface area contributed by atoms with E-state index in [2.05, 4.69) is 0 Å². The third-order valence-electron chi connectivity index (χ3n) is 2.79. The van der Waals surface area contributed by atoms with Gasteiger partial charge in [-0.1, -0.05) is 0 Å². The Kier molecular flexibility index (Phi) is 7.21. The molecule has 0 rings (SSSR count). The maximum absolute atomic E-state index is 11.9. The molecule has 0 aromatic heterocycles. The van der Waals surface area contributed by atoms with E-state index in [0.29, 0.717) is 0 Å². The van der Waals surface area contributed by atoms with Gasteiger partial charge in [-0.3, -0.25) is 9.59 Å². The van der Waals surface area contributed by atoms with Crippen molar-refractivity contribution < 1.29 is 19.1 Å². The zero-order valence-electron chi connectivity index (χ0n) is 11.4. The topological polar surface area (TPSA) is 100 Å². The molecule has 0 amide bonds. The predicted octanol–water partition coefficient (Wildman–Crippen LogP) is 1.56. The summed E-state index contributed by atoms with van der Waals surface area (Å²) in [6, 6.07) is 3.55. The second-order valence-corrected chi connectivity index (χ2v) is 4.13. The van der Waals surface area contributed by atoms with Crippen LogP contribution in [0, 0.1) is 34.0 Å². The fourth-order valence-electron chi connectivity index (χ4n) is 1.57. The van der Waals surface area contributed by atoms with E-state index in [1.807, 2.05) is 0 Å². The summed E-state index contributed by atoms with van der Waals surface area (Å²) in [5.41, 5.74) is -1.33. The first-order valence-corrected chi connectivity index (χ1v) is 6.08. The van der Waals surface area contributed by atoms with Crippen molar-refractivity contribution in [3.8, 4) is 12.1 Å². The number of rotatable bonds is 7. The summed E-state index contributed by atoms with van der Waals surface area (Å²) in [5, 5.41) is 17.9. The van der Waals surface area contributed by atoms with E-state index >= 15 is 0 Å². The zero-order valence-corrected chi connectivity index (χ0v) is 11.4. The summed E-state index contributed by atoms with van der Waals surface area (Å²) in [6.07, 6.45) is -0.000528. The predicted molar refractivity (Wildman–Crippen MR) is 65.3 cm³/mol. The molecule has 0 aromatic carbocycles. The van der Waals surface area contributed by atoms with Crippen molar-refractivity contribution in [2.24, 2.45) is 11.3 Å². The summed E-state index contributed by atoms with van der Waals surface area (Å²) >= 11 is 0. The standard InChI is InChI=1S/C13H18N2O4/c1-4-18-11(16)6-7-13(3,10(8-14)9-15)12(17)19-5-2/h10H,4-7H2,1-3H3. The quantitative estimate of drug-likeness (QED) is 0.648. The lowest BCUT2D eigenvalue weighted by atomic mass is 9.75. The molecular formula is C13H18N2O4. The number of hydrogen-bond acceptors (Lipinski definition) is 6. The molecule has 0 N–H and O–H groups in total. The number of nitriles is 2. The molecule has 0 aromatic rings. The summed E-state index contributed by atoms with van der Waals surface area (Å²) in [4.78, 5) is 23.2. The minimum Gasteiger partial charge on any atom is -0.466 e. The van der Waals surface area contributed by atoms with Gasteiger partial charge in [0.2, 0.25) is 0 Å². The van der Waals surface area contributed by atoms with Gasteiger partial charge in [0.1, 0.15) is 5.92 Å². The van der Waals surface area contributed by atoms with Crippen LogP contribution in [0.2, 0.25) is 0 Å².